The van der Waals surface area contributed by atoms with Crippen molar-refractivity contribution < 1.29 is 14.3 Å². The van der Waals surface area contributed by atoms with E-state index in [1.807, 2.05) is 11.0 Å². The third-order valence-electron chi connectivity index (χ3n) is 4.80. The summed E-state index contributed by atoms with van der Waals surface area (Å²) in [5.74, 6) is 1.21. The van der Waals surface area contributed by atoms with E-state index in [9.17, 15) is 9.59 Å². The predicted molar refractivity (Wildman–Crippen MR) is 88.0 cm³/mol. The SMILES string of the molecule is CCOC(=O)c1c(NC(=O)N2CCC3CC3C2)nc2ccccn12. The molecule has 126 valence electrons. The standard InChI is InChI=1S/C17H20N4O3/c1-2-24-16(22)14-15(18-13-5-3-4-7-21(13)14)19-17(23)20-8-6-11-9-12(11)10-20/h3-5,7,11-12H,2,6,8-10H2,1H3,(H,19,23). The summed E-state index contributed by atoms with van der Waals surface area (Å²) < 4.78 is 6.76. The van der Waals surface area contributed by atoms with Gasteiger partial charge in [0.1, 0.15) is 5.65 Å². The number of aromatic nitrogens is 2. The van der Waals surface area contributed by atoms with Crippen LogP contribution in [0.2, 0.25) is 0 Å². The number of ether oxygens (including phenoxy) is 1. The number of rotatable bonds is 3. The summed E-state index contributed by atoms with van der Waals surface area (Å²) in [6.45, 7) is 3.56. The minimum absolute atomic E-state index is 0.200. The van der Waals surface area contributed by atoms with Gasteiger partial charge in [-0.2, -0.15) is 0 Å². The molecule has 1 N–H and O–H groups in total. The Balaban J connectivity index is 1.61. The third kappa shape index (κ3) is 2.60. The van der Waals surface area contributed by atoms with Crippen LogP contribution in [0.25, 0.3) is 5.65 Å². The lowest BCUT2D eigenvalue weighted by Gasteiger charge is -2.26. The first-order valence-electron chi connectivity index (χ1n) is 8.37. The summed E-state index contributed by atoms with van der Waals surface area (Å²) in [6, 6.07) is 5.23. The van der Waals surface area contributed by atoms with E-state index in [0.717, 1.165) is 25.4 Å². The van der Waals surface area contributed by atoms with Crippen LogP contribution in [-0.4, -0.2) is 46.0 Å². The first kappa shape index (κ1) is 15.0. The van der Waals surface area contributed by atoms with E-state index >= 15 is 0 Å². The Kier molecular flexibility index (Phi) is 3.63. The fraction of sp³-hybridized carbons (Fsp3) is 0.471. The van der Waals surface area contributed by atoms with Crippen LogP contribution < -0.4 is 5.32 Å². The number of piperidine rings is 1. The van der Waals surface area contributed by atoms with Crippen molar-refractivity contribution in [2.45, 2.75) is 19.8 Å². The van der Waals surface area contributed by atoms with Gasteiger partial charge in [0.15, 0.2) is 11.5 Å². The number of hydrogen-bond donors (Lipinski definition) is 1. The molecule has 7 nitrogen and oxygen atoms in total. The van der Waals surface area contributed by atoms with Gasteiger partial charge in [-0.3, -0.25) is 9.72 Å². The molecule has 7 heteroatoms. The molecule has 2 aromatic heterocycles. The zero-order valence-corrected chi connectivity index (χ0v) is 13.6. The highest BCUT2D eigenvalue weighted by Crippen LogP contribution is 2.44. The van der Waals surface area contributed by atoms with Crippen molar-refractivity contribution in [3.05, 3.63) is 30.1 Å². The molecule has 2 atom stereocenters. The Bertz CT molecular complexity index is 800. The van der Waals surface area contributed by atoms with Gasteiger partial charge in [-0.05, 0) is 43.7 Å². The Morgan fingerprint density at radius 1 is 1.38 bits per heavy atom. The maximum Gasteiger partial charge on any atom is 0.359 e. The number of amides is 2. The minimum Gasteiger partial charge on any atom is -0.461 e. The highest BCUT2D eigenvalue weighted by Gasteiger charge is 2.42. The van der Waals surface area contributed by atoms with Gasteiger partial charge in [0.25, 0.3) is 0 Å². The topological polar surface area (TPSA) is 75.9 Å². The molecule has 0 spiro atoms. The Hall–Kier alpha value is -2.57. The van der Waals surface area contributed by atoms with Crippen molar-refractivity contribution >= 4 is 23.5 Å². The largest absolute Gasteiger partial charge is 0.461 e. The highest BCUT2D eigenvalue weighted by atomic mass is 16.5. The Labute approximate surface area is 139 Å². The Morgan fingerprint density at radius 2 is 2.25 bits per heavy atom. The molecule has 2 aromatic rings. The lowest BCUT2D eigenvalue weighted by atomic mass is 10.1. The molecule has 3 heterocycles. The maximum absolute atomic E-state index is 12.6. The monoisotopic (exact) mass is 328 g/mol. The average molecular weight is 328 g/mol. The molecule has 1 saturated heterocycles. The number of nitrogens with zero attached hydrogens (tertiary/aromatic N) is 3. The second-order valence-corrected chi connectivity index (χ2v) is 6.38. The molecule has 4 rings (SSSR count). The highest BCUT2D eigenvalue weighted by molar-refractivity contribution is 5.99. The number of hydrogen-bond acceptors (Lipinski definition) is 4. The zero-order chi connectivity index (χ0) is 16.7. The van der Waals surface area contributed by atoms with Gasteiger partial charge in [-0.15, -0.1) is 0 Å². The van der Waals surface area contributed by atoms with E-state index in [0.29, 0.717) is 11.6 Å². The lowest BCUT2D eigenvalue weighted by molar-refractivity contribution is 0.0519. The van der Waals surface area contributed by atoms with E-state index in [1.165, 1.54) is 6.42 Å². The maximum atomic E-state index is 12.6. The number of urea groups is 1. The Morgan fingerprint density at radius 3 is 3.04 bits per heavy atom. The molecule has 0 aromatic carbocycles. The molecule has 2 aliphatic rings. The number of carbonyl (C=O) groups is 2. The zero-order valence-electron chi connectivity index (χ0n) is 13.6. The normalized spacial score (nSPS) is 22.1. The molecule has 1 aliphatic heterocycles. The number of imidazole rings is 1. The third-order valence-corrected chi connectivity index (χ3v) is 4.80. The van der Waals surface area contributed by atoms with Gasteiger partial charge in [0.2, 0.25) is 0 Å². The number of nitrogens with one attached hydrogen (secondary N) is 1. The molecule has 2 unspecified atom stereocenters. The van der Waals surface area contributed by atoms with Gasteiger partial charge < -0.3 is 9.64 Å². The second kappa shape index (κ2) is 5.81. The molecule has 24 heavy (non-hydrogen) atoms. The van der Waals surface area contributed by atoms with Crippen LogP contribution in [0.5, 0.6) is 0 Å². The van der Waals surface area contributed by atoms with Gasteiger partial charge >= 0.3 is 12.0 Å². The van der Waals surface area contributed by atoms with E-state index < -0.39 is 5.97 Å². The van der Waals surface area contributed by atoms with Crippen molar-refractivity contribution in [2.75, 3.05) is 25.0 Å². The van der Waals surface area contributed by atoms with E-state index in [1.54, 1.807) is 29.7 Å². The molecular weight excluding hydrogens is 308 g/mol. The summed E-state index contributed by atoms with van der Waals surface area (Å²) >= 11 is 0. The number of esters is 1. The minimum atomic E-state index is -0.493. The van der Waals surface area contributed by atoms with Crippen molar-refractivity contribution in [3.8, 4) is 0 Å². The lowest BCUT2D eigenvalue weighted by Crippen LogP contribution is -2.40. The summed E-state index contributed by atoms with van der Waals surface area (Å²) in [6.07, 6.45) is 4.03. The molecule has 0 bridgehead atoms. The van der Waals surface area contributed by atoms with Crippen molar-refractivity contribution in [3.63, 3.8) is 0 Å². The first-order valence-corrected chi connectivity index (χ1v) is 8.37. The van der Waals surface area contributed by atoms with Crippen LogP contribution in [0.4, 0.5) is 10.6 Å². The molecular formula is C17H20N4O3. The van der Waals surface area contributed by atoms with Gasteiger partial charge in [0.05, 0.1) is 6.61 Å². The number of pyridine rings is 1. The van der Waals surface area contributed by atoms with Crippen molar-refractivity contribution in [1.29, 1.82) is 0 Å². The van der Waals surface area contributed by atoms with E-state index in [2.05, 4.69) is 10.3 Å². The van der Waals surface area contributed by atoms with Crippen molar-refractivity contribution in [1.82, 2.24) is 14.3 Å². The molecule has 1 aliphatic carbocycles. The fourth-order valence-corrected chi connectivity index (χ4v) is 3.43. The van der Waals surface area contributed by atoms with Gasteiger partial charge in [0, 0.05) is 19.3 Å². The summed E-state index contributed by atoms with van der Waals surface area (Å²) in [5, 5.41) is 2.80. The smallest absolute Gasteiger partial charge is 0.359 e. The average Bonchev–Trinajstić information content (AvgIpc) is 3.26. The number of carbonyl (C=O) groups excluding carboxylic acids is 2. The van der Waals surface area contributed by atoms with Crippen LogP contribution in [0.1, 0.15) is 30.3 Å². The number of anilines is 1. The summed E-state index contributed by atoms with van der Waals surface area (Å²) in [4.78, 5) is 31.1. The van der Waals surface area contributed by atoms with E-state index in [-0.39, 0.29) is 24.1 Å². The first-order chi connectivity index (χ1) is 11.7. The number of likely N-dealkylation sites (tertiary alicyclic amines) is 1. The van der Waals surface area contributed by atoms with Crippen LogP contribution in [-0.2, 0) is 4.74 Å². The quantitative estimate of drug-likeness (QED) is 0.878. The van der Waals surface area contributed by atoms with Crippen molar-refractivity contribution in [2.24, 2.45) is 11.8 Å². The molecule has 1 saturated carbocycles. The van der Waals surface area contributed by atoms with Crippen LogP contribution in [0.15, 0.2) is 24.4 Å². The molecule has 2 amide bonds. The van der Waals surface area contributed by atoms with Gasteiger partial charge in [-0.1, -0.05) is 6.07 Å². The van der Waals surface area contributed by atoms with Crippen LogP contribution >= 0.6 is 0 Å². The van der Waals surface area contributed by atoms with Gasteiger partial charge in [-0.25, -0.2) is 14.6 Å². The summed E-state index contributed by atoms with van der Waals surface area (Å²) in [5.41, 5.74) is 0.846. The van der Waals surface area contributed by atoms with E-state index in [4.69, 9.17) is 4.74 Å². The van der Waals surface area contributed by atoms with Crippen LogP contribution in [0.3, 0.4) is 0 Å². The second-order valence-electron chi connectivity index (χ2n) is 6.38. The predicted octanol–water partition coefficient (Wildman–Crippen LogP) is 2.38. The van der Waals surface area contributed by atoms with Crippen LogP contribution in [0, 0.1) is 11.8 Å². The summed E-state index contributed by atoms with van der Waals surface area (Å²) in [7, 11) is 0. The molecule has 0 radical (unpaired) electrons. The number of fused-ring (bicyclic) bond motifs is 2. The fourth-order valence-electron chi connectivity index (χ4n) is 3.43. The molecule has 2 fully saturated rings.